The molecule has 4 nitrogen and oxygen atoms in total. The van der Waals surface area contributed by atoms with E-state index in [4.69, 9.17) is 0 Å². The molecule has 0 spiro atoms. The first-order chi connectivity index (χ1) is 14.6. The molecule has 3 aromatic rings. The second kappa shape index (κ2) is 8.91. The van der Waals surface area contributed by atoms with E-state index in [1.54, 1.807) is 11.0 Å². The van der Waals surface area contributed by atoms with Crippen molar-refractivity contribution in [1.29, 1.82) is 0 Å². The van der Waals surface area contributed by atoms with Gasteiger partial charge in [-0.1, -0.05) is 60.7 Å². The molecule has 1 N–H and O–H groups in total. The fourth-order valence-electron chi connectivity index (χ4n) is 3.84. The second-order valence-corrected chi connectivity index (χ2v) is 7.52. The summed E-state index contributed by atoms with van der Waals surface area (Å²) in [4.78, 5) is 27.1. The van der Waals surface area contributed by atoms with Gasteiger partial charge in [-0.15, -0.1) is 0 Å². The third kappa shape index (κ3) is 4.57. The van der Waals surface area contributed by atoms with Crippen LogP contribution >= 0.6 is 0 Å². The minimum atomic E-state index is -0.445. The molecule has 0 bridgehead atoms. The van der Waals surface area contributed by atoms with E-state index >= 15 is 0 Å². The molecule has 30 heavy (non-hydrogen) atoms. The van der Waals surface area contributed by atoms with Crippen LogP contribution < -0.4 is 5.32 Å². The molecule has 1 heterocycles. The van der Waals surface area contributed by atoms with Gasteiger partial charge in [-0.05, 0) is 41.3 Å². The molecule has 0 radical (unpaired) electrons. The van der Waals surface area contributed by atoms with Gasteiger partial charge in [0.05, 0.1) is 5.92 Å². The van der Waals surface area contributed by atoms with Crippen molar-refractivity contribution in [3.05, 3.63) is 95.8 Å². The lowest BCUT2D eigenvalue weighted by Crippen LogP contribution is -2.37. The van der Waals surface area contributed by atoms with Crippen LogP contribution in [0.3, 0.4) is 0 Å². The molecule has 2 amide bonds. The van der Waals surface area contributed by atoms with Gasteiger partial charge in [0.1, 0.15) is 5.82 Å². The van der Waals surface area contributed by atoms with Crippen LogP contribution in [-0.4, -0.2) is 36.3 Å². The fourth-order valence-corrected chi connectivity index (χ4v) is 3.84. The summed E-state index contributed by atoms with van der Waals surface area (Å²) in [5.41, 5.74) is 3.55. The number of nitrogens with zero attached hydrogens (tertiary/aromatic N) is 1. The summed E-state index contributed by atoms with van der Waals surface area (Å²) in [6.07, 6.45) is 0.527. The van der Waals surface area contributed by atoms with Gasteiger partial charge in [0.15, 0.2) is 0 Å². The van der Waals surface area contributed by atoms with Crippen molar-refractivity contribution < 1.29 is 14.0 Å². The molecule has 0 aliphatic carbocycles. The van der Waals surface area contributed by atoms with Crippen LogP contribution in [0.25, 0.3) is 11.1 Å². The number of nitrogens with one attached hydrogen (secondary N) is 1. The largest absolute Gasteiger partial charge is 0.354 e. The third-order valence-electron chi connectivity index (χ3n) is 5.37. The molecule has 1 aliphatic rings. The average molecular weight is 402 g/mol. The Balaban J connectivity index is 1.53. The van der Waals surface area contributed by atoms with Gasteiger partial charge in [-0.3, -0.25) is 9.59 Å². The number of rotatable bonds is 4. The Morgan fingerprint density at radius 2 is 1.73 bits per heavy atom. The molecular weight excluding hydrogens is 379 g/mol. The summed E-state index contributed by atoms with van der Waals surface area (Å²) >= 11 is 0. The molecule has 0 saturated carbocycles. The van der Waals surface area contributed by atoms with Crippen LogP contribution in [-0.2, 0) is 11.2 Å². The Hall–Kier alpha value is -3.47. The number of benzene rings is 3. The van der Waals surface area contributed by atoms with E-state index in [2.05, 4.69) is 23.5 Å². The topological polar surface area (TPSA) is 49.4 Å². The maximum absolute atomic E-state index is 13.5. The van der Waals surface area contributed by atoms with Crippen LogP contribution in [0, 0.1) is 11.7 Å². The molecule has 1 fully saturated rings. The van der Waals surface area contributed by atoms with Crippen LogP contribution in [0.15, 0.2) is 78.9 Å². The lowest BCUT2D eigenvalue weighted by atomic mass is 9.95. The summed E-state index contributed by atoms with van der Waals surface area (Å²) in [6, 6.07) is 23.9. The first-order valence-corrected chi connectivity index (χ1v) is 10.1. The van der Waals surface area contributed by atoms with Crippen LogP contribution in [0.5, 0.6) is 0 Å². The number of carbonyl (C=O) groups excluding carboxylic acids is 2. The van der Waals surface area contributed by atoms with E-state index in [0.29, 0.717) is 31.6 Å². The van der Waals surface area contributed by atoms with E-state index < -0.39 is 5.82 Å². The van der Waals surface area contributed by atoms with Gasteiger partial charge >= 0.3 is 0 Å². The zero-order valence-electron chi connectivity index (χ0n) is 16.6. The zero-order valence-corrected chi connectivity index (χ0v) is 16.6. The first-order valence-electron chi connectivity index (χ1n) is 10.1. The maximum atomic E-state index is 13.5. The molecule has 1 aliphatic heterocycles. The van der Waals surface area contributed by atoms with E-state index in [-0.39, 0.29) is 17.7 Å². The van der Waals surface area contributed by atoms with Gasteiger partial charge in [0.2, 0.25) is 5.91 Å². The lowest BCUT2D eigenvalue weighted by molar-refractivity contribution is -0.124. The monoisotopic (exact) mass is 402 g/mol. The highest BCUT2D eigenvalue weighted by molar-refractivity contribution is 5.95. The molecule has 0 aromatic heterocycles. The van der Waals surface area contributed by atoms with Gasteiger partial charge in [0.25, 0.3) is 5.91 Å². The highest BCUT2D eigenvalue weighted by Gasteiger charge is 2.28. The molecule has 1 unspecified atom stereocenters. The number of amides is 2. The van der Waals surface area contributed by atoms with Gasteiger partial charge < -0.3 is 10.2 Å². The second-order valence-electron chi connectivity index (χ2n) is 7.52. The van der Waals surface area contributed by atoms with E-state index in [1.807, 2.05) is 36.4 Å². The molecule has 5 heteroatoms. The Morgan fingerprint density at radius 3 is 2.53 bits per heavy atom. The van der Waals surface area contributed by atoms with Crippen LogP contribution in [0.1, 0.15) is 15.9 Å². The molecule has 3 aromatic carbocycles. The van der Waals surface area contributed by atoms with E-state index in [1.165, 1.54) is 18.2 Å². The molecular formula is C25H23FN2O2. The number of hydrogen-bond donors (Lipinski definition) is 1. The molecule has 4 rings (SSSR count). The van der Waals surface area contributed by atoms with Crippen molar-refractivity contribution >= 4 is 11.8 Å². The predicted molar refractivity (Wildman–Crippen MR) is 114 cm³/mol. The molecule has 1 saturated heterocycles. The van der Waals surface area contributed by atoms with Gasteiger partial charge in [0, 0.05) is 25.2 Å². The van der Waals surface area contributed by atoms with Crippen LogP contribution in [0.4, 0.5) is 4.39 Å². The van der Waals surface area contributed by atoms with Gasteiger partial charge in [-0.2, -0.15) is 0 Å². The minimum Gasteiger partial charge on any atom is -0.354 e. The van der Waals surface area contributed by atoms with E-state index in [0.717, 1.165) is 16.7 Å². The summed E-state index contributed by atoms with van der Waals surface area (Å²) in [7, 11) is 0. The Bertz CT molecular complexity index is 1050. The zero-order chi connectivity index (χ0) is 20.9. The van der Waals surface area contributed by atoms with E-state index in [9.17, 15) is 14.0 Å². The average Bonchev–Trinajstić information content (AvgIpc) is 2.95. The minimum absolute atomic E-state index is 0.0605. The maximum Gasteiger partial charge on any atom is 0.254 e. The van der Waals surface area contributed by atoms with Crippen molar-refractivity contribution in [2.75, 3.05) is 19.6 Å². The Morgan fingerprint density at radius 1 is 0.967 bits per heavy atom. The standard InChI is InChI=1S/C25H23FN2O2/c26-23-11-5-10-21(16-23)25(30)28-13-12-27-24(29)22(17-28)15-18-6-4-9-20(14-18)19-7-2-1-3-8-19/h1-11,14,16,22H,12-13,15,17H2,(H,27,29). The SMILES string of the molecule is O=C1NCCN(C(=O)c2cccc(F)c2)CC1Cc1cccc(-c2ccccc2)c1. The summed E-state index contributed by atoms with van der Waals surface area (Å²) in [5, 5.41) is 2.90. The predicted octanol–water partition coefficient (Wildman–Crippen LogP) is 3.92. The van der Waals surface area contributed by atoms with Crippen molar-refractivity contribution in [3.8, 4) is 11.1 Å². The van der Waals surface area contributed by atoms with Crippen molar-refractivity contribution in [2.45, 2.75) is 6.42 Å². The number of hydrogen-bond acceptors (Lipinski definition) is 2. The Kier molecular flexibility index (Phi) is 5.89. The number of halogens is 1. The van der Waals surface area contributed by atoms with Crippen LogP contribution in [0.2, 0.25) is 0 Å². The smallest absolute Gasteiger partial charge is 0.254 e. The normalized spacial score (nSPS) is 16.6. The number of carbonyl (C=O) groups is 2. The lowest BCUT2D eigenvalue weighted by Gasteiger charge is -2.23. The summed E-state index contributed by atoms with van der Waals surface area (Å²) < 4.78 is 13.5. The van der Waals surface area contributed by atoms with Crippen molar-refractivity contribution in [3.63, 3.8) is 0 Å². The summed E-state index contributed by atoms with van der Waals surface area (Å²) in [5.74, 6) is -1.13. The summed E-state index contributed by atoms with van der Waals surface area (Å²) in [6.45, 7) is 1.10. The van der Waals surface area contributed by atoms with Crippen molar-refractivity contribution in [1.82, 2.24) is 10.2 Å². The molecule has 1 atom stereocenters. The highest BCUT2D eigenvalue weighted by Crippen LogP contribution is 2.22. The first kappa shape index (κ1) is 19.8. The fraction of sp³-hybridized carbons (Fsp3) is 0.200. The quantitative estimate of drug-likeness (QED) is 0.719. The van der Waals surface area contributed by atoms with Crippen molar-refractivity contribution in [2.24, 2.45) is 5.92 Å². The Labute approximate surface area is 175 Å². The third-order valence-corrected chi connectivity index (χ3v) is 5.37. The molecule has 152 valence electrons. The highest BCUT2D eigenvalue weighted by atomic mass is 19.1. The van der Waals surface area contributed by atoms with Gasteiger partial charge in [-0.25, -0.2) is 4.39 Å².